The van der Waals surface area contributed by atoms with Crippen molar-refractivity contribution in [3.05, 3.63) is 167 Å². The van der Waals surface area contributed by atoms with Gasteiger partial charge in [-0.1, -0.05) is 110 Å². The quantitative estimate of drug-likeness (QED) is 0.0432. The highest BCUT2D eigenvalue weighted by molar-refractivity contribution is 6.66. The number of amides is 1. The molecule has 8 rings (SSSR count). The zero-order valence-electron chi connectivity index (χ0n) is 50.0. The molecule has 24 heteroatoms. The molecule has 1 amide bonds. The number of methoxy groups -OCH3 is 3. The number of allylic oxidation sites excluding steroid dienone is 4. The molecular weight excluding hydrogens is 1220 g/mol. The molecule has 0 bridgehead atoms. The van der Waals surface area contributed by atoms with E-state index in [9.17, 15) is 59.6 Å². The molecule has 0 saturated heterocycles. The molecule has 3 aromatic heterocycles. The van der Waals surface area contributed by atoms with Crippen LogP contribution in [0, 0.1) is 69.5 Å². The summed E-state index contributed by atoms with van der Waals surface area (Å²) in [5.74, 6) is -3.22. The number of aromatic nitrogens is 3. The summed E-state index contributed by atoms with van der Waals surface area (Å²) in [5, 5.41) is 29.8. The Morgan fingerprint density at radius 1 is 0.560 bits per heavy atom. The van der Waals surface area contributed by atoms with Crippen LogP contribution in [0.15, 0.2) is 127 Å². The van der Waals surface area contributed by atoms with Gasteiger partial charge in [-0.15, -0.1) is 0 Å². The third-order valence-corrected chi connectivity index (χ3v) is 15.4. The van der Waals surface area contributed by atoms with E-state index in [0.29, 0.717) is 66.6 Å². The fourth-order valence-corrected chi connectivity index (χ4v) is 10.3. The number of nitrogens with two attached hydrogens (primary N) is 1. The lowest BCUT2D eigenvalue weighted by Gasteiger charge is -2.28. The molecule has 0 spiro atoms. The number of pyridine rings is 3. The van der Waals surface area contributed by atoms with Gasteiger partial charge in [0.05, 0.1) is 56.2 Å². The van der Waals surface area contributed by atoms with Crippen molar-refractivity contribution in [2.24, 2.45) is 40.5 Å². The summed E-state index contributed by atoms with van der Waals surface area (Å²) in [7, 11) is 4.31. The zero-order valence-corrected chi connectivity index (χ0v) is 50.8. The number of carbonyl (C=O) groups excluding carboxylic acids is 2. The maximum Gasteiger partial charge on any atom is 0.391 e. The highest BCUT2D eigenvalue weighted by atomic mass is 35.5. The largest absolute Gasteiger partial charge is 0.481 e. The standard InChI is InChI=1S/C29H26F3N3O.C19H20F3N3O2.C16H18F3N3O.C3H3ClO/c1-36-28-23(15-12-20-13-16-24(17-14-20)29(30,31)32)18-25(26(19-33)35-28)34-27(21-8-4-2-5-9-21)22-10-6-3-7-11-22;1-3-17(26)24-15-10-13(18(27-2)25-16(15)11-23)7-4-12-5-8-14(9-6-12)19(20,21)22;1-23-15-11(8-13(21)14(9-20)22-15)5-2-10-3-6-12(7-4-10)16(17,18)19;1-2-3(4)5/h2-12,15,18,20,24H,13-14,16-17H2,1H3;3-4,7,10,12,14H,1,5-6,8-9H2,2H3,(H,24,26);2,5,8,10,12H,3-4,6-7,21H2,1H3;2H,1H2/b15-12+;7-4+;5-2+;. The number of nitrogens with zero attached hydrogens (tertiary/aromatic N) is 7. The molecule has 91 heavy (non-hydrogen) atoms. The summed E-state index contributed by atoms with van der Waals surface area (Å²) in [5.41, 5.74) is 11.0. The van der Waals surface area contributed by atoms with Crippen LogP contribution in [0.1, 0.15) is 122 Å². The van der Waals surface area contributed by atoms with E-state index in [0.717, 1.165) is 23.3 Å². The number of hydrogen-bond donors (Lipinski definition) is 2. The fourth-order valence-electron chi connectivity index (χ4n) is 10.3. The van der Waals surface area contributed by atoms with Gasteiger partial charge in [0.25, 0.3) is 0 Å². The first kappa shape index (κ1) is 72.5. The van der Waals surface area contributed by atoms with Gasteiger partial charge in [0, 0.05) is 27.8 Å². The monoisotopic (exact) mass is 1280 g/mol. The van der Waals surface area contributed by atoms with Crippen LogP contribution in [-0.2, 0) is 9.59 Å². The van der Waals surface area contributed by atoms with Gasteiger partial charge in [-0.2, -0.15) is 70.3 Å². The summed E-state index contributed by atoms with van der Waals surface area (Å²) in [6, 6.07) is 30.1. The van der Waals surface area contributed by atoms with E-state index < -0.39 is 47.4 Å². The number of nitrogen functional groups attached to an aromatic ring is 1. The topological polar surface area (TPSA) is 222 Å². The Labute approximate surface area is 527 Å². The number of aliphatic imine (C=N–C) groups is 1. The van der Waals surface area contributed by atoms with Gasteiger partial charge in [0.2, 0.25) is 28.8 Å². The Hall–Kier alpha value is -9.27. The number of alkyl halides is 9. The smallest absolute Gasteiger partial charge is 0.391 e. The number of halogens is 10. The lowest BCUT2D eigenvalue weighted by molar-refractivity contribution is -0.183. The molecule has 3 saturated carbocycles. The van der Waals surface area contributed by atoms with Crippen molar-refractivity contribution in [3.63, 3.8) is 0 Å². The lowest BCUT2D eigenvalue weighted by Crippen LogP contribution is -2.27. The van der Waals surface area contributed by atoms with Crippen molar-refractivity contribution in [1.29, 1.82) is 15.8 Å². The molecule has 480 valence electrons. The van der Waals surface area contributed by atoms with Crippen molar-refractivity contribution in [1.82, 2.24) is 15.0 Å². The molecule has 0 unspecified atom stereocenters. The van der Waals surface area contributed by atoms with Crippen molar-refractivity contribution in [2.45, 2.75) is 95.6 Å². The minimum atomic E-state index is -4.13. The second kappa shape index (κ2) is 34.6. The molecule has 0 aliphatic heterocycles. The Balaban J connectivity index is 0.000000245. The average Bonchev–Trinajstić information content (AvgIpc) is 1.07. The second-order valence-corrected chi connectivity index (χ2v) is 21.6. The Morgan fingerprint density at radius 2 is 0.901 bits per heavy atom. The van der Waals surface area contributed by atoms with Crippen LogP contribution >= 0.6 is 11.6 Å². The van der Waals surface area contributed by atoms with E-state index >= 15 is 0 Å². The van der Waals surface area contributed by atoms with Gasteiger partial charge in [0.1, 0.15) is 23.9 Å². The third kappa shape index (κ3) is 22.3. The molecule has 0 radical (unpaired) electrons. The second-order valence-electron chi connectivity index (χ2n) is 21.2. The molecule has 2 aromatic carbocycles. The maximum atomic E-state index is 13.0. The highest BCUT2D eigenvalue weighted by Crippen LogP contribution is 2.43. The van der Waals surface area contributed by atoms with E-state index in [-0.39, 0.29) is 102 Å². The number of anilines is 2. The van der Waals surface area contributed by atoms with E-state index in [4.69, 9.17) is 41.8 Å². The molecule has 14 nitrogen and oxygen atoms in total. The SMILES string of the molecule is C=CC(=O)Cl.C=CC(=O)Nc1cc(/C=C/C2CCC(C(F)(F)F)CC2)c(OC)nc1C#N.COc1nc(C#N)c(N)cc1/C=C/C1CCC(C(F)(F)F)CC1.COc1nc(C#N)c(N=C(c2ccccc2)c2ccccc2)cc1/C=C/C1CCC(C(F)(F)F)CC1. The highest BCUT2D eigenvalue weighted by Gasteiger charge is 2.43. The molecule has 3 aliphatic rings. The maximum absolute atomic E-state index is 13.0. The first-order chi connectivity index (χ1) is 43.3. The Bertz CT molecular complexity index is 3490. The first-order valence-corrected chi connectivity index (χ1v) is 29.1. The van der Waals surface area contributed by atoms with E-state index in [1.165, 1.54) is 21.3 Å². The third-order valence-electron chi connectivity index (χ3n) is 15.2. The van der Waals surface area contributed by atoms with Crippen molar-refractivity contribution in [2.75, 3.05) is 32.4 Å². The molecule has 3 fully saturated rings. The van der Waals surface area contributed by atoms with Crippen LogP contribution in [-0.4, -0.2) is 71.7 Å². The van der Waals surface area contributed by atoms with Gasteiger partial charge < -0.3 is 25.3 Å². The van der Waals surface area contributed by atoms with E-state index in [2.05, 4.69) is 39.5 Å². The van der Waals surface area contributed by atoms with Crippen LogP contribution < -0.4 is 25.3 Å². The number of carbonyl (C=O) groups is 2. The van der Waals surface area contributed by atoms with Gasteiger partial charge in [-0.05, 0) is 137 Å². The number of rotatable bonds is 15. The summed E-state index contributed by atoms with van der Waals surface area (Å²) in [6.45, 7) is 6.43. The van der Waals surface area contributed by atoms with E-state index in [1.54, 1.807) is 30.4 Å². The number of hydrogen-bond acceptors (Lipinski definition) is 13. The zero-order chi connectivity index (χ0) is 66.9. The van der Waals surface area contributed by atoms with Crippen molar-refractivity contribution >= 4 is 63.8 Å². The minimum absolute atomic E-state index is 0.00937. The summed E-state index contributed by atoms with van der Waals surface area (Å²) >= 11 is 4.71. The average molecular weight is 1280 g/mol. The van der Waals surface area contributed by atoms with Crippen molar-refractivity contribution in [3.8, 4) is 35.8 Å². The van der Waals surface area contributed by atoms with Crippen LogP contribution in [0.2, 0.25) is 0 Å². The molecule has 5 aromatic rings. The van der Waals surface area contributed by atoms with Crippen molar-refractivity contribution < 1.29 is 63.3 Å². The Morgan fingerprint density at radius 3 is 1.23 bits per heavy atom. The molecule has 0 atom stereocenters. The van der Waals surface area contributed by atoms with Gasteiger partial charge in [0.15, 0.2) is 17.1 Å². The van der Waals surface area contributed by atoms with E-state index in [1.807, 2.05) is 97.1 Å². The van der Waals surface area contributed by atoms with Crippen LogP contribution in [0.5, 0.6) is 17.6 Å². The number of ether oxygens (including phenoxy) is 3. The predicted octanol–water partition coefficient (Wildman–Crippen LogP) is 16.8. The first-order valence-electron chi connectivity index (χ1n) is 28.7. The summed E-state index contributed by atoms with van der Waals surface area (Å²) in [4.78, 5) is 38.3. The number of nitriles is 3. The van der Waals surface area contributed by atoms with Crippen LogP contribution in [0.3, 0.4) is 0 Å². The Kier molecular flexibility index (Phi) is 27.6. The van der Waals surface area contributed by atoms with Crippen LogP contribution in [0.25, 0.3) is 18.2 Å². The molecule has 3 N–H and O–H groups in total. The molecule has 3 heterocycles. The summed E-state index contributed by atoms with van der Waals surface area (Å²) in [6.07, 6.45) is 4.31. The molecular formula is C67H67ClF9N9O5. The van der Waals surface area contributed by atoms with Gasteiger partial charge >= 0.3 is 18.5 Å². The summed E-state index contributed by atoms with van der Waals surface area (Å²) < 4.78 is 131. The normalized spacial score (nSPS) is 19.0. The number of benzene rings is 2. The van der Waals surface area contributed by atoms with Crippen LogP contribution in [0.4, 0.5) is 56.6 Å². The lowest BCUT2D eigenvalue weighted by atomic mass is 9.81. The molecule has 3 aliphatic carbocycles. The van der Waals surface area contributed by atoms with Gasteiger partial charge in [-0.25, -0.2) is 4.99 Å². The van der Waals surface area contributed by atoms with Gasteiger partial charge in [-0.3, -0.25) is 9.59 Å². The predicted molar refractivity (Wildman–Crippen MR) is 331 cm³/mol. The minimum Gasteiger partial charge on any atom is -0.481 e. The fraction of sp³-hybridized carbons (Fsp3) is 0.358. The number of nitrogens with one attached hydrogen (secondary N) is 1.